The Bertz CT molecular complexity index is 776. The lowest BCUT2D eigenvalue weighted by Crippen LogP contribution is -2.55. The minimum Gasteiger partial charge on any atom is -0.352 e. The molecule has 1 aromatic rings. The van der Waals surface area contributed by atoms with Gasteiger partial charge in [0.1, 0.15) is 6.04 Å². The van der Waals surface area contributed by atoms with Crippen LogP contribution in [-0.4, -0.2) is 47.8 Å². The minimum absolute atomic E-state index is 0.00324. The third-order valence-corrected chi connectivity index (χ3v) is 5.90. The molecule has 0 unspecified atom stereocenters. The maximum atomic E-state index is 13.0. The molecule has 0 aliphatic carbocycles. The topological polar surface area (TPSA) is 78.5 Å². The molecule has 31 heavy (non-hydrogen) atoms. The van der Waals surface area contributed by atoms with Gasteiger partial charge in [-0.3, -0.25) is 14.4 Å². The van der Waals surface area contributed by atoms with Gasteiger partial charge < -0.3 is 15.5 Å². The lowest BCUT2D eigenvalue weighted by atomic mass is 9.87. The number of piperidine rings is 1. The first-order valence-corrected chi connectivity index (χ1v) is 11.5. The molecule has 1 aliphatic rings. The van der Waals surface area contributed by atoms with Crippen molar-refractivity contribution in [3.63, 3.8) is 0 Å². The Morgan fingerprint density at radius 3 is 2.32 bits per heavy atom. The molecule has 0 radical (unpaired) electrons. The van der Waals surface area contributed by atoms with E-state index < -0.39 is 6.04 Å². The van der Waals surface area contributed by atoms with Crippen molar-refractivity contribution in [2.75, 3.05) is 13.1 Å². The largest absolute Gasteiger partial charge is 0.352 e. The molecule has 0 bridgehead atoms. The number of likely N-dealkylation sites (tertiary alicyclic amines) is 1. The summed E-state index contributed by atoms with van der Waals surface area (Å²) in [6.45, 7) is 13.3. The molecule has 1 aromatic carbocycles. The molecule has 0 aromatic heterocycles. The standard InChI is InChI=1S/C25H39N3O3/c1-7-18(3)26-24(31)22(27-23(30)20-10-8-9-17(2)15-20)19-11-13-28(14-12-19)21(29)16-25(4,5)6/h8-10,15,18-19,22H,7,11-14,16H2,1-6H3,(H,26,31)(H,27,30)/t18-,22-/m0/s1. The van der Waals surface area contributed by atoms with Gasteiger partial charge in [-0.05, 0) is 56.6 Å². The summed E-state index contributed by atoms with van der Waals surface area (Å²) < 4.78 is 0. The van der Waals surface area contributed by atoms with Crippen molar-refractivity contribution in [2.24, 2.45) is 11.3 Å². The van der Waals surface area contributed by atoms with Gasteiger partial charge in [0.2, 0.25) is 11.8 Å². The van der Waals surface area contributed by atoms with Crippen molar-refractivity contribution in [2.45, 2.75) is 79.3 Å². The van der Waals surface area contributed by atoms with E-state index in [-0.39, 0.29) is 35.1 Å². The number of rotatable bonds is 7. The summed E-state index contributed by atoms with van der Waals surface area (Å²) in [6.07, 6.45) is 2.73. The Morgan fingerprint density at radius 1 is 1.13 bits per heavy atom. The van der Waals surface area contributed by atoms with Crippen LogP contribution in [-0.2, 0) is 9.59 Å². The highest BCUT2D eigenvalue weighted by Gasteiger charge is 2.35. The zero-order valence-corrected chi connectivity index (χ0v) is 20.0. The number of hydrogen-bond acceptors (Lipinski definition) is 3. The van der Waals surface area contributed by atoms with Crippen LogP contribution in [0.3, 0.4) is 0 Å². The van der Waals surface area contributed by atoms with Gasteiger partial charge in [-0.25, -0.2) is 0 Å². The van der Waals surface area contributed by atoms with Crippen molar-refractivity contribution in [1.29, 1.82) is 0 Å². The van der Waals surface area contributed by atoms with E-state index in [1.807, 2.05) is 43.9 Å². The lowest BCUT2D eigenvalue weighted by molar-refractivity contribution is -0.134. The third-order valence-electron chi connectivity index (χ3n) is 5.90. The van der Waals surface area contributed by atoms with E-state index in [0.29, 0.717) is 37.9 Å². The summed E-state index contributed by atoms with van der Waals surface area (Å²) in [5.74, 6) is -0.221. The SMILES string of the molecule is CC[C@H](C)NC(=O)[C@@H](NC(=O)c1cccc(C)c1)C1CCN(C(=O)CC(C)(C)C)CC1. The Labute approximate surface area is 187 Å². The molecule has 6 heteroatoms. The van der Waals surface area contributed by atoms with E-state index in [1.54, 1.807) is 6.07 Å². The Morgan fingerprint density at radius 2 is 1.77 bits per heavy atom. The van der Waals surface area contributed by atoms with Crippen LogP contribution in [0.5, 0.6) is 0 Å². The van der Waals surface area contributed by atoms with Gasteiger partial charge >= 0.3 is 0 Å². The fraction of sp³-hybridized carbons (Fsp3) is 0.640. The van der Waals surface area contributed by atoms with Gasteiger partial charge in [0, 0.05) is 31.1 Å². The predicted octanol–water partition coefficient (Wildman–Crippen LogP) is 3.68. The quantitative estimate of drug-likeness (QED) is 0.694. The molecule has 2 N–H and O–H groups in total. The van der Waals surface area contributed by atoms with E-state index in [1.165, 1.54) is 0 Å². The summed E-state index contributed by atoms with van der Waals surface area (Å²) in [5.41, 5.74) is 1.51. The molecular formula is C25H39N3O3. The van der Waals surface area contributed by atoms with Gasteiger partial charge in [0.25, 0.3) is 5.91 Å². The van der Waals surface area contributed by atoms with Crippen molar-refractivity contribution < 1.29 is 14.4 Å². The summed E-state index contributed by atoms with van der Waals surface area (Å²) in [4.78, 5) is 40.4. The summed E-state index contributed by atoms with van der Waals surface area (Å²) in [6, 6.07) is 6.81. The molecule has 1 aliphatic heterocycles. The van der Waals surface area contributed by atoms with Gasteiger partial charge in [-0.1, -0.05) is 45.4 Å². The number of carbonyl (C=O) groups is 3. The third kappa shape index (κ3) is 7.67. The molecule has 2 atom stereocenters. The van der Waals surface area contributed by atoms with Crippen molar-refractivity contribution in [1.82, 2.24) is 15.5 Å². The first-order valence-electron chi connectivity index (χ1n) is 11.5. The van der Waals surface area contributed by atoms with E-state index in [2.05, 4.69) is 31.4 Å². The molecular weight excluding hydrogens is 390 g/mol. The number of amides is 3. The average molecular weight is 430 g/mol. The number of benzene rings is 1. The summed E-state index contributed by atoms with van der Waals surface area (Å²) in [7, 11) is 0. The van der Waals surface area contributed by atoms with Gasteiger partial charge in [-0.2, -0.15) is 0 Å². The average Bonchev–Trinajstić information content (AvgIpc) is 2.70. The monoisotopic (exact) mass is 429 g/mol. The Hall–Kier alpha value is -2.37. The van der Waals surface area contributed by atoms with Gasteiger partial charge in [0.15, 0.2) is 0 Å². The molecule has 1 saturated heterocycles. The Kier molecular flexibility index (Phi) is 8.66. The van der Waals surface area contributed by atoms with Crippen LogP contribution in [0.2, 0.25) is 0 Å². The lowest BCUT2D eigenvalue weighted by Gasteiger charge is -2.37. The summed E-state index contributed by atoms with van der Waals surface area (Å²) >= 11 is 0. The zero-order valence-electron chi connectivity index (χ0n) is 20.0. The predicted molar refractivity (Wildman–Crippen MR) is 124 cm³/mol. The summed E-state index contributed by atoms with van der Waals surface area (Å²) in [5, 5.41) is 6.01. The molecule has 3 amide bonds. The maximum Gasteiger partial charge on any atom is 0.251 e. The second kappa shape index (κ2) is 10.8. The molecule has 172 valence electrons. The van der Waals surface area contributed by atoms with E-state index in [4.69, 9.17) is 0 Å². The highest BCUT2D eigenvalue weighted by atomic mass is 16.2. The number of carbonyl (C=O) groups excluding carboxylic acids is 3. The molecule has 6 nitrogen and oxygen atoms in total. The number of aryl methyl sites for hydroxylation is 1. The van der Waals surface area contributed by atoms with E-state index in [0.717, 1.165) is 12.0 Å². The number of hydrogen-bond donors (Lipinski definition) is 2. The number of nitrogens with zero attached hydrogens (tertiary/aromatic N) is 1. The van der Waals surface area contributed by atoms with Crippen molar-refractivity contribution in [3.8, 4) is 0 Å². The number of nitrogens with one attached hydrogen (secondary N) is 2. The highest BCUT2D eigenvalue weighted by Crippen LogP contribution is 2.25. The molecule has 2 rings (SSSR count). The second-order valence-corrected chi connectivity index (χ2v) is 10.1. The van der Waals surface area contributed by atoms with Crippen LogP contribution in [0.15, 0.2) is 24.3 Å². The Balaban J connectivity index is 2.09. The smallest absolute Gasteiger partial charge is 0.251 e. The van der Waals surface area contributed by atoms with E-state index in [9.17, 15) is 14.4 Å². The van der Waals surface area contributed by atoms with Crippen LogP contribution in [0.1, 0.15) is 76.2 Å². The fourth-order valence-electron chi connectivity index (χ4n) is 3.89. The molecule has 1 heterocycles. The second-order valence-electron chi connectivity index (χ2n) is 10.1. The minimum atomic E-state index is -0.609. The normalized spacial score (nSPS) is 17.0. The molecule has 0 spiro atoms. The van der Waals surface area contributed by atoms with Crippen LogP contribution < -0.4 is 10.6 Å². The molecule has 1 fully saturated rings. The molecule has 0 saturated carbocycles. The first kappa shape index (κ1) is 24.9. The van der Waals surface area contributed by atoms with Crippen LogP contribution in [0.25, 0.3) is 0 Å². The van der Waals surface area contributed by atoms with Gasteiger partial charge in [-0.15, -0.1) is 0 Å². The van der Waals surface area contributed by atoms with Gasteiger partial charge in [0.05, 0.1) is 0 Å². The van der Waals surface area contributed by atoms with E-state index >= 15 is 0 Å². The van der Waals surface area contributed by atoms with Crippen LogP contribution in [0, 0.1) is 18.3 Å². The van der Waals surface area contributed by atoms with Crippen LogP contribution in [0.4, 0.5) is 0 Å². The highest BCUT2D eigenvalue weighted by molar-refractivity contribution is 5.97. The van der Waals surface area contributed by atoms with Crippen LogP contribution >= 0.6 is 0 Å². The fourth-order valence-corrected chi connectivity index (χ4v) is 3.89. The zero-order chi connectivity index (χ0) is 23.2. The maximum absolute atomic E-state index is 13.0. The van der Waals surface area contributed by atoms with Crippen molar-refractivity contribution >= 4 is 17.7 Å². The van der Waals surface area contributed by atoms with Crippen molar-refractivity contribution in [3.05, 3.63) is 35.4 Å². The first-order chi connectivity index (χ1) is 14.5.